The minimum atomic E-state index is -1.24. The Kier molecular flexibility index (Phi) is 4.20. The van der Waals surface area contributed by atoms with Gasteiger partial charge in [0.05, 0.1) is 10.6 Å². The second-order valence-electron chi connectivity index (χ2n) is 3.91. The van der Waals surface area contributed by atoms with Crippen LogP contribution in [-0.4, -0.2) is 11.1 Å². The lowest BCUT2D eigenvalue weighted by Crippen LogP contribution is -2.06. The van der Waals surface area contributed by atoms with Gasteiger partial charge < -0.3 is 9.84 Å². The summed E-state index contributed by atoms with van der Waals surface area (Å²) >= 11 is 5.84. The van der Waals surface area contributed by atoms with E-state index in [1.165, 1.54) is 24.3 Å². The van der Waals surface area contributed by atoms with Gasteiger partial charge in [-0.25, -0.2) is 13.6 Å². The zero-order valence-electron chi connectivity index (χ0n) is 10.1. The van der Waals surface area contributed by atoms with Crippen molar-refractivity contribution in [1.82, 2.24) is 0 Å². The fourth-order valence-electron chi connectivity index (χ4n) is 1.64. The summed E-state index contributed by atoms with van der Waals surface area (Å²) < 4.78 is 32.1. The number of hydrogen-bond donors (Lipinski definition) is 1. The number of aromatic carboxylic acids is 1. The normalized spacial score (nSPS) is 10.3. The third-order valence-corrected chi connectivity index (χ3v) is 2.92. The Hall–Kier alpha value is -2.14. The third-order valence-electron chi connectivity index (χ3n) is 2.62. The standard InChI is InChI=1S/C14H9ClF2O3/c15-10-4-1-3-8(14(18)19)13(10)20-7-9-11(16)5-2-6-12(9)17/h1-6H,7H2,(H,18,19). The van der Waals surface area contributed by atoms with Gasteiger partial charge in [0.1, 0.15) is 23.8 Å². The Morgan fingerprint density at radius 3 is 2.35 bits per heavy atom. The molecule has 0 atom stereocenters. The molecule has 0 aliphatic rings. The van der Waals surface area contributed by atoms with Gasteiger partial charge in [-0.2, -0.15) is 0 Å². The Labute approximate surface area is 118 Å². The quantitative estimate of drug-likeness (QED) is 0.931. The van der Waals surface area contributed by atoms with Crippen molar-refractivity contribution in [3.63, 3.8) is 0 Å². The first kappa shape index (κ1) is 14.3. The van der Waals surface area contributed by atoms with Crippen LogP contribution in [0.2, 0.25) is 5.02 Å². The van der Waals surface area contributed by atoms with Crippen molar-refractivity contribution in [3.8, 4) is 5.75 Å². The summed E-state index contributed by atoms with van der Waals surface area (Å²) in [6.45, 7) is -0.456. The SMILES string of the molecule is O=C(O)c1cccc(Cl)c1OCc1c(F)cccc1F. The molecule has 0 heterocycles. The van der Waals surface area contributed by atoms with Crippen molar-refractivity contribution in [3.05, 3.63) is 64.2 Å². The Bertz CT molecular complexity index is 639. The molecule has 2 aromatic rings. The second kappa shape index (κ2) is 5.88. The molecule has 0 saturated carbocycles. The van der Waals surface area contributed by atoms with E-state index in [9.17, 15) is 13.6 Å². The number of para-hydroxylation sites is 1. The molecule has 6 heteroatoms. The van der Waals surface area contributed by atoms with E-state index >= 15 is 0 Å². The number of carboxylic acids is 1. The maximum absolute atomic E-state index is 13.4. The lowest BCUT2D eigenvalue weighted by molar-refractivity contribution is 0.0691. The number of ether oxygens (including phenoxy) is 1. The monoisotopic (exact) mass is 298 g/mol. The number of benzene rings is 2. The molecule has 3 nitrogen and oxygen atoms in total. The summed E-state index contributed by atoms with van der Waals surface area (Å²) in [7, 11) is 0. The molecule has 0 unspecified atom stereocenters. The average Bonchev–Trinajstić information content (AvgIpc) is 2.39. The molecule has 0 radical (unpaired) electrons. The van der Waals surface area contributed by atoms with Crippen LogP contribution in [-0.2, 0) is 6.61 Å². The molecule has 20 heavy (non-hydrogen) atoms. The molecule has 1 N–H and O–H groups in total. The number of rotatable bonds is 4. The van der Waals surface area contributed by atoms with Gasteiger partial charge in [0.15, 0.2) is 5.75 Å². The first-order chi connectivity index (χ1) is 9.50. The van der Waals surface area contributed by atoms with Gasteiger partial charge in [0.25, 0.3) is 0 Å². The predicted octanol–water partition coefficient (Wildman–Crippen LogP) is 3.90. The van der Waals surface area contributed by atoms with Gasteiger partial charge in [-0.15, -0.1) is 0 Å². The molecule has 2 rings (SSSR count). The highest BCUT2D eigenvalue weighted by Crippen LogP contribution is 2.30. The maximum atomic E-state index is 13.4. The first-order valence-corrected chi connectivity index (χ1v) is 5.96. The van der Waals surface area contributed by atoms with Crippen LogP contribution in [0.5, 0.6) is 5.75 Å². The summed E-state index contributed by atoms with van der Waals surface area (Å²) in [5.74, 6) is -2.90. The van der Waals surface area contributed by atoms with E-state index in [-0.39, 0.29) is 21.9 Å². The van der Waals surface area contributed by atoms with Crippen molar-refractivity contribution in [1.29, 1.82) is 0 Å². The molecule has 2 aromatic carbocycles. The zero-order chi connectivity index (χ0) is 14.7. The van der Waals surface area contributed by atoms with E-state index in [1.54, 1.807) is 0 Å². The number of hydrogen-bond acceptors (Lipinski definition) is 2. The van der Waals surface area contributed by atoms with Gasteiger partial charge in [-0.3, -0.25) is 0 Å². The smallest absolute Gasteiger partial charge is 0.339 e. The van der Waals surface area contributed by atoms with Crippen LogP contribution in [0, 0.1) is 11.6 Å². The number of halogens is 3. The molecular weight excluding hydrogens is 290 g/mol. The Balaban J connectivity index is 2.30. The van der Waals surface area contributed by atoms with Gasteiger partial charge in [-0.05, 0) is 24.3 Å². The van der Waals surface area contributed by atoms with Gasteiger partial charge >= 0.3 is 5.97 Å². The summed E-state index contributed by atoms with van der Waals surface area (Å²) in [5, 5.41) is 9.07. The molecule has 0 saturated heterocycles. The van der Waals surface area contributed by atoms with Crippen molar-refractivity contribution in [2.24, 2.45) is 0 Å². The van der Waals surface area contributed by atoms with Crippen LogP contribution in [0.4, 0.5) is 8.78 Å². The fourth-order valence-corrected chi connectivity index (χ4v) is 1.87. The van der Waals surface area contributed by atoms with E-state index in [4.69, 9.17) is 21.4 Å². The van der Waals surface area contributed by atoms with Crippen molar-refractivity contribution in [2.45, 2.75) is 6.61 Å². The lowest BCUT2D eigenvalue weighted by Gasteiger charge is -2.11. The highest BCUT2D eigenvalue weighted by Gasteiger charge is 2.16. The van der Waals surface area contributed by atoms with Gasteiger partial charge in [0.2, 0.25) is 0 Å². The summed E-state index contributed by atoms with van der Waals surface area (Å²) in [4.78, 5) is 11.0. The minimum Gasteiger partial charge on any atom is -0.486 e. The summed E-state index contributed by atoms with van der Waals surface area (Å²) in [6.07, 6.45) is 0. The molecule has 0 spiro atoms. The number of carboxylic acid groups (broad SMARTS) is 1. The van der Waals surface area contributed by atoms with E-state index < -0.39 is 24.2 Å². The van der Waals surface area contributed by atoms with Crippen molar-refractivity contribution in [2.75, 3.05) is 0 Å². The molecule has 0 fully saturated rings. The molecule has 104 valence electrons. The average molecular weight is 299 g/mol. The summed E-state index contributed by atoms with van der Waals surface area (Å²) in [6, 6.07) is 7.58. The molecule has 0 aliphatic carbocycles. The highest BCUT2D eigenvalue weighted by molar-refractivity contribution is 6.32. The lowest BCUT2D eigenvalue weighted by atomic mass is 10.2. The van der Waals surface area contributed by atoms with E-state index in [0.717, 1.165) is 12.1 Å². The highest BCUT2D eigenvalue weighted by atomic mass is 35.5. The fraction of sp³-hybridized carbons (Fsp3) is 0.0714. The second-order valence-corrected chi connectivity index (χ2v) is 4.32. The Morgan fingerprint density at radius 2 is 1.75 bits per heavy atom. The van der Waals surface area contributed by atoms with E-state index in [0.29, 0.717) is 0 Å². The van der Waals surface area contributed by atoms with Crippen molar-refractivity contribution >= 4 is 17.6 Å². The van der Waals surface area contributed by atoms with Gasteiger partial charge in [0, 0.05) is 0 Å². The van der Waals surface area contributed by atoms with E-state index in [1.807, 2.05) is 0 Å². The van der Waals surface area contributed by atoms with Crippen molar-refractivity contribution < 1.29 is 23.4 Å². The van der Waals surface area contributed by atoms with Crippen LogP contribution in [0.3, 0.4) is 0 Å². The van der Waals surface area contributed by atoms with Crippen LogP contribution in [0.1, 0.15) is 15.9 Å². The van der Waals surface area contributed by atoms with Crippen LogP contribution in [0.15, 0.2) is 36.4 Å². The topological polar surface area (TPSA) is 46.5 Å². The van der Waals surface area contributed by atoms with Gasteiger partial charge in [-0.1, -0.05) is 23.7 Å². The maximum Gasteiger partial charge on any atom is 0.339 e. The van der Waals surface area contributed by atoms with E-state index in [2.05, 4.69) is 0 Å². The summed E-state index contributed by atoms with van der Waals surface area (Å²) in [5.41, 5.74) is -0.460. The molecule has 0 aromatic heterocycles. The zero-order valence-corrected chi connectivity index (χ0v) is 10.8. The largest absolute Gasteiger partial charge is 0.486 e. The molecule has 0 amide bonds. The first-order valence-electron chi connectivity index (χ1n) is 5.58. The van der Waals surface area contributed by atoms with Crippen LogP contribution in [0.25, 0.3) is 0 Å². The molecular formula is C14H9ClF2O3. The third kappa shape index (κ3) is 2.88. The Morgan fingerprint density at radius 1 is 1.15 bits per heavy atom. The number of carbonyl (C=O) groups is 1. The predicted molar refractivity (Wildman–Crippen MR) is 69.1 cm³/mol. The molecule has 0 aliphatic heterocycles. The minimum absolute atomic E-state index is 0.0571. The molecule has 0 bridgehead atoms. The van der Waals surface area contributed by atoms with Crippen LogP contribution < -0.4 is 4.74 Å². The van der Waals surface area contributed by atoms with Crippen LogP contribution >= 0.6 is 11.6 Å².